The second-order valence-corrected chi connectivity index (χ2v) is 40.1. The summed E-state index contributed by atoms with van der Waals surface area (Å²) >= 11 is 7.33. The number of hydrogen-bond acceptors (Lipinski definition) is 23. The number of nitrogens with two attached hydrogens (primary N) is 4. The lowest BCUT2D eigenvalue weighted by molar-refractivity contribution is -0.157. The molecule has 2 rings (SSSR count). The predicted molar refractivity (Wildman–Crippen MR) is 546 cm³/mol. The normalized spacial score (nSPS) is 15.9. The van der Waals surface area contributed by atoms with E-state index in [4.69, 9.17) is 32.4 Å². The van der Waals surface area contributed by atoms with E-state index in [1.807, 2.05) is 11.8 Å². The molecule has 0 spiro atoms. The summed E-state index contributed by atoms with van der Waals surface area (Å²) in [6.07, 6.45) is 50.3. The summed E-state index contributed by atoms with van der Waals surface area (Å²) in [5.41, 5.74) is 23.7. The van der Waals surface area contributed by atoms with Gasteiger partial charge in [0.2, 0.25) is 53.2 Å². The first-order valence-corrected chi connectivity index (χ1v) is 55.9. The fraction of sp³-hybridized carbons (Fsp3) is 0.870. The Kier molecular flexibility index (Phi) is 78.2. The van der Waals surface area contributed by atoms with E-state index in [0.29, 0.717) is 96.3 Å². The number of nitrogens with one attached hydrogen (secondary N) is 11. The molecule has 35 heteroatoms. The molecular weight excluding hydrogens is 1780 g/mol. The number of carbonyl (C=O) groups excluding carboxylic acids is 12. The van der Waals surface area contributed by atoms with Crippen LogP contribution in [0.2, 0.25) is 0 Å². The number of aliphatic hydroxyl groups excluding tert-OH is 1. The Morgan fingerprint density at radius 2 is 0.719 bits per heavy atom. The first-order chi connectivity index (χ1) is 65.5. The highest BCUT2D eigenvalue weighted by atomic mass is 32.2. The molecule has 12 atom stereocenters. The number of unbranched alkanes of at least 4 members (excludes halogenated alkanes) is 42. The van der Waals surface area contributed by atoms with Crippen molar-refractivity contribution in [1.29, 1.82) is 0 Å². The van der Waals surface area contributed by atoms with Crippen molar-refractivity contribution in [2.45, 2.75) is 484 Å². The molecule has 2 saturated heterocycles. The molecule has 0 aromatic rings. The summed E-state index contributed by atoms with van der Waals surface area (Å²) in [6.45, 7) is 6.72. The number of urea groups is 1. The Hall–Kier alpha value is -6.24. The maximum atomic E-state index is 14.8. The van der Waals surface area contributed by atoms with Gasteiger partial charge >= 0.3 is 23.9 Å². The number of carboxylic acid groups (broad SMARTS) is 1. The van der Waals surface area contributed by atoms with E-state index < -0.39 is 126 Å². The van der Waals surface area contributed by atoms with Gasteiger partial charge in [-0.3, -0.25) is 52.7 Å². The van der Waals surface area contributed by atoms with E-state index in [2.05, 4.69) is 91.9 Å². The molecule has 0 aromatic carbocycles. The van der Waals surface area contributed by atoms with E-state index >= 15 is 0 Å². The number of aliphatic carboxylic acids is 1. The number of ether oxygens (including phenoxy) is 2. The monoisotopic (exact) mass is 1970 g/mol. The molecule has 2 aliphatic heterocycles. The zero-order valence-electron chi connectivity index (χ0n) is 83.4. The average Bonchev–Trinajstić information content (AvgIpc) is 1.67. The molecule has 12 unspecified atom stereocenters. The molecule has 11 amide bonds. The lowest BCUT2D eigenvalue weighted by Gasteiger charge is -2.28. The number of rotatable bonds is 93. The molecule has 0 radical (unpaired) electrons. The Morgan fingerprint density at radius 3 is 1.12 bits per heavy atom. The van der Waals surface area contributed by atoms with Crippen LogP contribution in [0.1, 0.15) is 412 Å². The number of thiol groups is 1. The predicted octanol–water partition coefficient (Wildman–Crippen LogP) is 13.0. The molecule has 32 nitrogen and oxygen atoms in total. The number of esters is 2. The van der Waals surface area contributed by atoms with Gasteiger partial charge in [0.1, 0.15) is 61.0 Å². The van der Waals surface area contributed by atoms with Crippen molar-refractivity contribution in [2.24, 2.45) is 22.9 Å². The van der Waals surface area contributed by atoms with Gasteiger partial charge in [-0.15, -0.1) is 0 Å². The zero-order chi connectivity index (χ0) is 99.0. The number of fused-ring (bicyclic) bond motifs is 1. The van der Waals surface area contributed by atoms with Crippen LogP contribution in [0, 0.1) is 0 Å². The van der Waals surface area contributed by atoms with Crippen molar-refractivity contribution in [3.8, 4) is 0 Å². The third-order valence-corrected chi connectivity index (χ3v) is 28.4. The third-order valence-electron chi connectivity index (χ3n) is 25.3. The molecule has 2 heterocycles. The van der Waals surface area contributed by atoms with E-state index in [9.17, 15) is 72.5 Å². The van der Waals surface area contributed by atoms with Crippen LogP contribution in [-0.2, 0) is 67.0 Å². The van der Waals surface area contributed by atoms with Crippen molar-refractivity contribution < 1.29 is 82.0 Å². The summed E-state index contributed by atoms with van der Waals surface area (Å²) in [7, 11) is 0. The van der Waals surface area contributed by atoms with E-state index in [1.54, 1.807) is 0 Å². The maximum absolute atomic E-state index is 14.8. The van der Waals surface area contributed by atoms with E-state index in [1.165, 1.54) is 166 Å². The highest BCUT2D eigenvalue weighted by Crippen LogP contribution is 2.33. The third kappa shape index (κ3) is 63.9. The van der Waals surface area contributed by atoms with E-state index in [0.717, 1.165) is 95.6 Å². The molecule has 782 valence electrons. The molecule has 0 saturated carbocycles. The van der Waals surface area contributed by atoms with Gasteiger partial charge in [-0.1, -0.05) is 258 Å². The van der Waals surface area contributed by atoms with Gasteiger partial charge in [0.15, 0.2) is 0 Å². The first kappa shape index (κ1) is 125. The highest BCUT2D eigenvalue weighted by molar-refractivity contribution is 8.00. The smallest absolute Gasteiger partial charge is 0.326 e. The van der Waals surface area contributed by atoms with Crippen molar-refractivity contribution >= 4 is 113 Å². The number of hydrogen-bond donors (Lipinski definition) is 18. The minimum Gasteiger partial charge on any atom is -0.480 e. The fourth-order valence-corrected chi connectivity index (χ4v) is 19.8. The van der Waals surface area contributed by atoms with Gasteiger partial charge in [-0.05, 0) is 155 Å². The van der Waals surface area contributed by atoms with Gasteiger partial charge in [0.25, 0.3) is 0 Å². The lowest BCUT2D eigenvalue weighted by atomic mass is 10.0. The number of thioether (sulfide) groups is 2. The van der Waals surface area contributed by atoms with Crippen LogP contribution in [-0.4, -0.2) is 228 Å². The Balaban J connectivity index is 2.36. The minimum atomic E-state index is -1.68. The molecule has 21 N–H and O–H groups in total. The van der Waals surface area contributed by atoms with Crippen LogP contribution >= 0.6 is 36.2 Å². The molecule has 2 fully saturated rings. The molecular formula is C100H187N15O17S3. The fourth-order valence-electron chi connectivity index (χ4n) is 16.9. The largest absolute Gasteiger partial charge is 0.480 e. The second kappa shape index (κ2) is 84.6. The second-order valence-electron chi connectivity index (χ2n) is 37.4. The summed E-state index contributed by atoms with van der Waals surface area (Å²) in [5.74, 6) is -8.06. The van der Waals surface area contributed by atoms with Crippen molar-refractivity contribution in [3.05, 3.63) is 0 Å². The highest BCUT2D eigenvalue weighted by Gasteiger charge is 2.43. The molecule has 0 bridgehead atoms. The lowest BCUT2D eigenvalue weighted by Crippen LogP contribution is -2.60. The van der Waals surface area contributed by atoms with Crippen LogP contribution in [0.5, 0.6) is 0 Å². The summed E-state index contributed by atoms with van der Waals surface area (Å²) < 4.78 is 11.8. The van der Waals surface area contributed by atoms with Crippen LogP contribution in [0.25, 0.3) is 0 Å². The average molecular weight is 1970 g/mol. The topological polar surface area (TPSA) is 517 Å². The van der Waals surface area contributed by atoms with Gasteiger partial charge < -0.3 is 101 Å². The SMILES string of the molecule is CCCCCCCCCCCCCCCC(=O)NC(CSCC(COC(=O)CCCCCCCCCCCCCCC)OC(=O)CCCCCCCCCCCCCCC)C(=O)NC(CO)C(=O)NC(CCCCN)C(=O)NC(CCCCN)C(=O)NC(CCCCN)C(=O)NC(CCCCN)C(=O)NC(CS)C(=O)NC(CCCCNC(=O)CCCCC1SCC2NC(=O)NC21)C(=O)O. The Labute approximate surface area is 825 Å². The number of aliphatic hydroxyl groups is 1. The van der Waals surface area contributed by atoms with Gasteiger partial charge in [0, 0.05) is 60.5 Å². The quantitative estimate of drug-likeness (QED) is 0.0116. The minimum absolute atomic E-state index is 0.000934. The van der Waals surface area contributed by atoms with Crippen molar-refractivity contribution in [3.63, 3.8) is 0 Å². The molecule has 0 aromatic heterocycles. The molecule has 135 heavy (non-hydrogen) atoms. The van der Waals surface area contributed by atoms with Gasteiger partial charge in [-0.25, -0.2) is 9.59 Å². The van der Waals surface area contributed by atoms with Crippen LogP contribution in [0.3, 0.4) is 0 Å². The number of carboxylic acids is 1. The molecule has 2 aliphatic rings. The molecule has 0 aliphatic carbocycles. The summed E-state index contributed by atoms with van der Waals surface area (Å²) in [4.78, 5) is 179. The number of carbonyl (C=O) groups is 13. The van der Waals surface area contributed by atoms with Gasteiger partial charge in [0.05, 0.1) is 18.7 Å². The zero-order valence-corrected chi connectivity index (χ0v) is 86.0. The standard InChI is InChI=1S/C100H187N15O17S3/c1-4-7-10-13-16-19-22-25-28-31-34-37-40-62-88(118)106-85(74-134-73-76(132-90(120)64-42-39-36-33-30-27-24-21-18-15-12-9-6-3)71-131-89(119)63-41-38-35-32-29-26-23-20-17-14-11-8-5-2)98(127)112-82(70-116)96(125)110-79(57-47-52-67-103)94(123)108-77(55-45-50-65-101)92(121)107-78(56-46-51-66-102)93(122)109-80(58-48-53-68-104)95(124)113-83(72-133)97(126)111-81(99(128)129)59-49-54-69-105-87(117)61-44-43-60-86-91-84(75-135-86)114-100(130)115-91/h76-86,91,116,133H,4-75,101-104H2,1-3H3,(H,105,117)(H,106,118)(H,107,121)(H,108,123)(H,109,122)(H,110,125)(H,111,126)(H,112,127)(H,113,124)(H,128,129)(H2,114,115,130). The Morgan fingerprint density at radius 1 is 0.385 bits per heavy atom. The van der Waals surface area contributed by atoms with Crippen molar-refractivity contribution in [1.82, 2.24) is 58.5 Å². The van der Waals surface area contributed by atoms with Crippen LogP contribution in [0.4, 0.5) is 4.79 Å². The van der Waals surface area contributed by atoms with Crippen molar-refractivity contribution in [2.75, 3.05) is 68.9 Å². The first-order valence-electron chi connectivity index (χ1n) is 53.1. The Bertz CT molecular complexity index is 3180. The van der Waals surface area contributed by atoms with Gasteiger partial charge in [-0.2, -0.15) is 36.2 Å². The van der Waals surface area contributed by atoms with Crippen LogP contribution in [0.15, 0.2) is 0 Å². The maximum Gasteiger partial charge on any atom is 0.326 e. The van der Waals surface area contributed by atoms with E-state index in [-0.39, 0.29) is 137 Å². The van der Waals surface area contributed by atoms with Crippen LogP contribution < -0.4 is 81.4 Å². The number of amides is 11. The summed E-state index contributed by atoms with van der Waals surface area (Å²) in [5, 5.41) is 51.8. The summed E-state index contributed by atoms with van der Waals surface area (Å²) in [6, 6.07) is -11.0.